The Hall–Kier alpha value is -2.63. The third-order valence-corrected chi connectivity index (χ3v) is 3.09. The number of amides is 1. The lowest BCUT2D eigenvalue weighted by atomic mass is 10.2. The largest absolute Gasteiger partial charge is 0.480 e. The lowest BCUT2D eigenvalue weighted by Crippen LogP contribution is -2.42. The molecule has 2 rings (SSSR count). The van der Waals surface area contributed by atoms with E-state index in [4.69, 9.17) is 5.11 Å². The average molecular weight is 287 g/mol. The van der Waals surface area contributed by atoms with Gasteiger partial charge >= 0.3 is 5.97 Å². The Morgan fingerprint density at radius 2 is 2.19 bits per heavy atom. The summed E-state index contributed by atoms with van der Waals surface area (Å²) in [5, 5.41) is 16.7. The zero-order valence-corrected chi connectivity index (χ0v) is 11.7. The summed E-state index contributed by atoms with van der Waals surface area (Å²) in [5.41, 5.74) is 0.841. The fraction of sp³-hybridized carbons (Fsp3) is 0.267. The van der Waals surface area contributed by atoms with Crippen molar-refractivity contribution < 1.29 is 14.7 Å². The first-order valence-electron chi connectivity index (χ1n) is 6.65. The molecule has 6 heteroatoms. The van der Waals surface area contributed by atoms with Crippen LogP contribution < -0.4 is 5.32 Å². The van der Waals surface area contributed by atoms with E-state index in [2.05, 4.69) is 10.4 Å². The van der Waals surface area contributed by atoms with Crippen molar-refractivity contribution in [2.24, 2.45) is 0 Å². The van der Waals surface area contributed by atoms with Gasteiger partial charge in [0.1, 0.15) is 12.6 Å². The standard InChI is InChI=1S/C15H17N3O3/c1-2-3-7-12(15(20)21)17-14(19)10-18-13-8-5-4-6-11(13)9-16-18/h2-6,8-9,12H,7,10H2,1H3,(H,17,19)(H,20,21)/b3-2+. The van der Waals surface area contributed by atoms with Crippen molar-refractivity contribution in [1.29, 1.82) is 0 Å². The van der Waals surface area contributed by atoms with E-state index in [-0.39, 0.29) is 18.9 Å². The van der Waals surface area contributed by atoms with Crippen LogP contribution in [0.25, 0.3) is 10.9 Å². The number of aromatic nitrogens is 2. The molecule has 0 aliphatic heterocycles. The molecule has 0 bridgehead atoms. The molecule has 0 spiro atoms. The number of para-hydroxylation sites is 1. The molecule has 2 N–H and O–H groups in total. The number of allylic oxidation sites excluding steroid dienone is 1. The SMILES string of the molecule is C/C=C/CC(NC(=O)Cn1ncc2ccccc21)C(=O)O. The van der Waals surface area contributed by atoms with E-state index in [9.17, 15) is 9.59 Å². The molecule has 1 unspecified atom stereocenters. The van der Waals surface area contributed by atoms with Crippen LogP contribution in [0.15, 0.2) is 42.6 Å². The topological polar surface area (TPSA) is 84.2 Å². The molecule has 110 valence electrons. The van der Waals surface area contributed by atoms with E-state index in [1.165, 1.54) is 0 Å². The van der Waals surface area contributed by atoms with Gasteiger partial charge in [-0.2, -0.15) is 5.10 Å². The van der Waals surface area contributed by atoms with E-state index >= 15 is 0 Å². The molecule has 1 heterocycles. The molecule has 1 atom stereocenters. The molecule has 1 aromatic carbocycles. The first-order valence-corrected chi connectivity index (χ1v) is 6.65. The van der Waals surface area contributed by atoms with Crippen molar-refractivity contribution in [3.05, 3.63) is 42.6 Å². The number of benzene rings is 1. The number of hydrogen-bond acceptors (Lipinski definition) is 3. The van der Waals surface area contributed by atoms with Crippen LogP contribution in [0.2, 0.25) is 0 Å². The fourth-order valence-corrected chi connectivity index (χ4v) is 2.02. The van der Waals surface area contributed by atoms with Gasteiger partial charge in [0.15, 0.2) is 0 Å². The molecular weight excluding hydrogens is 270 g/mol. The third-order valence-electron chi connectivity index (χ3n) is 3.09. The number of aliphatic carboxylic acids is 1. The summed E-state index contributed by atoms with van der Waals surface area (Å²) in [6.07, 6.45) is 5.40. The minimum Gasteiger partial charge on any atom is -0.480 e. The Bertz CT molecular complexity index is 676. The van der Waals surface area contributed by atoms with Gasteiger partial charge in [0.2, 0.25) is 5.91 Å². The van der Waals surface area contributed by atoms with Gasteiger partial charge < -0.3 is 10.4 Å². The smallest absolute Gasteiger partial charge is 0.326 e. The number of nitrogens with zero attached hydrogens (tertiary/aromatic N) is 2. The number of rotatable bonds is 6. The van der Waals surface area contributed by atoms with E-state index in [0.717, 1.165) is 10.9 Å². The van der Waals surface area contributed by atoms with Gasteiger partial charge in [0, 0.05) is 5.39 Å². The van der Waals surface area contributed by atoms with Crippen molar-refractivity contribution in [2.45, 2.75) is 25.9 Å². The van der Waals surface area contributed by atoms with Crippen molar-refractivity contribution >= 4 is 22.8 Å². The summed E-state index contributed by atoms with van der Waals surface area (Å²) < 4.78 is 1.55. The minimum atomic E-state index is -1.05. The van der Waals surface area contributed by atoms with Crippen LogP contribution in [0, 0.1) is 0 Å². The molecule has 0 saturated carbocycles. The van der Waals surface area contributed by atoms with Crippen molar-refractivity contribution in [3.63, 3.8) is 0 Å². The molecule has 0 aliphatic carbocycles. The van der Waals surface area contributed by atoms with Gasteiger partial charge in [-0.1, -0.05) is 30.4 Å². The summed E-state index contributed by atoms with van der Waals surface area (Å²) in [5.74, 6) is -1.42. The molecule has 0 aliphatic rings. The predicted octanol–water partition coefficient (Wildman–Crippen LogP) is 1.57. The van der Waals surface area contributed by atoms with Gasteiger partial charge in [-0.05, 0) is 19.4 Å². The van der Waals surface area contributed by atoms with Crippen LogP contribution in [0.4, 0.5) is 0 Å². The highest BCUT2D eigenvalue weighted by atomic mass is 16.4. The zero-order valence-electron chi connectivity index (χ0n) is 11.7. The zero-order chi connectivity index (χ0) is 15.2. The van der Waals surface area contributed by atoms with Gasteiger partial charge in [-0.15, -0.1) is 0 Å². The van der Waals surface area contributed by atoms with Crippen molar-refractivity contribution in [2.75, 3.05) is 0 Å². The maximum Gasteiger partial charge on any atom is 0.326 e. The maximum absolute atomic E-state index is 12.0. The van der Waals surface area contributed by atoms with Gasteiger partial charge in [-0.25, -0.2) is 4.79 Å². The number of carboxylic acid groups (broad SMARTS) is 1. The molecule has 6 nitrogen and oxygen atoms in total. The summed E-state index contributed by atoms with van der Waals surface area (Å²) >= 11 is 0. The van der Waals surface area contributed by atoms with Crippen LogP contribution in [0.1, 0.15) is 13.3 Å². The van der Waals surface area contributed by atoms with Gasteiger partial charge in [-0.3, -0.25) is 9.48 Å². The molecule has 2 aromatic rings. The summed E-state index contributed by atoms with van der Waals surface area (Å²) in [6.45, 7) is 1.80. The van der Waals surface area contributed by atoms with Crippen LogP contribution in [-0.4, -0.2) is 32.8 Å². The molecule has 0 saturated heterocycles. The normalized spacial score (nSPS) is 12.6. The molecule has 1 aromatic heterocycles. The predicted molar refractivity (Wildman–Crippen MR) is 78.7 cm³/mol. The number of carboxylic acids is 1. The lowest BCUT2D eigenvalue weighted by molar-refractivity contribution is -0.141. The molecular formula is C15H17N3O3. The second kappa shape index (κ2) is 6.69. The number of nitrogens with one attached hydrogen (secondary N) is 1. The molecule has 0 fully saturated rings. The summed E-state index contributed by atoms with van der Waals surface area (Å²) in [7, 11) is 0. The summed E-state index contributed by atoms with van der Waals surface area (Å²) in [6, 6.07) is 6.61. The number of fused-ring (bicyclic) bond motifs is 1. The molecule has 0 radical (unpaired) electrons. The van der Waals surface area contributed by atoms with E-state index in [1.54, 1.807) is 30.0 Å². The average Bonchev–Trinajstić information content (AvgIpc) is 2.86. The Labute approximate surface area is 122 Å². The van der Waals surface area contributed by atoms with Crippen molar-refractivity contribution in [1.82, 2.24) is 15.1 Å². The number of hydrogen-bond donors (Lipinski definition) is 2. The Morgan fingerprint density at radius 3 is 2.90 bits per heavy atom. The van der Waals surface area contributed by atoms with Crippen LogP contribution >= 0.6 is 0 Å². The molecule has 1 amide bonds. The first-order chi connectivity index (χ1) is 10.1. The summed E-state index contributed by atoms with van der Waals surface area (Å²) in [4.78, 5) is 23.1. The number of carbonyl (C=O) groups excluding carboxylic acids is 1. The van der Waals surface area contributed by atoms with Crippen LogP contribution in [-0.2, 0) is 16.1 Å². The second-order valence-electron chi connectivity index (χ2n) is 4.62. The van der Waals surface area contributed by atoms with Crippen LogP contribution in [0.5, 0.6) is 0 Å². The third kappa shape index (κ3) is 3.68. The fourth-order valence-electron chi connectivity index (χ4n) is 2.02. The highest BCUT2D eigenvalue weighted by Gasteiger charge is 2.18. The van der Waals surface area contributed by atoms with Crippen LogP contribution in [0.3, 0.4) is 0 Å². The molecule has 21 heavy (non-hydrogen) atoms. The maximum atomic E-state index is 12.0. The number of carbonyl (C=O) groups is 2. The van der Waals surface area contributed by atoms with E-state index < -0.39 is 12.0 Å². The highest BCUT2D eigenvalue weighted by Crippen LogP contribution is 2.12. The minimum absolute atomic E-state index is 0.00681. The monoisotopic (exact) mass is 287 g/mol. The Balaban J connectivity index is 2.05. The highest BCUT2D eigenvalue weighted by molar-refractivity contribution is 5.85. The van der Waals surface area contributed by atoms with Gasteiger partial charge in [0.25, 0.3) is 0 Å². The lowest BCUT2D eigenvalue weighted by Gasteiger charge is -2.12. The Kier molecular flexibility index (Phi) is 4.71. The first kappa shape index (κ1) is 14.8. The van der Waals surface area contributed by atoms with E-state index in [0.29, 0.717) is 0 Å². The quantitative estimate of drug-likeness (QED) is 0.790. The van der Waals surface area contributed by atoms with Crippen molar-refractivity contribution in [3.8, 4) is 0 Å². The van der Waals surface area contributed by atoms with Gasteiger partial charge in [0.05, 0.1) is 11.7 Å². The second-order valence-corrected chi connectivity index (χ2v) is 4.62. The van der Waals surface area contributed by atoms with E-state index in [1.807, 2.05) is 24.3 Å². The Morgan fingerprint density at radius 1 is 1.43 bits per heavy atom.